The van der Waals surface area contributed by atoms with Crippen LogP contribution in [-0.4, -0.2) is 31.7 Å². The number of hydrogen-bond donors (Lipinski definition) is 2. The number of methoxy groups -OCH3 is 1. The van der Waals surface area contributed by atoms with E-state index in [2.05, 4.69) is 10.6 Å². The Morgan fingerprint density at radius 2 is 2.13 bits per heavy atom. The third-order valence-corrected chi connectivity index (χ3v) is 3.57. The van der Waals surface area contributed by atoms with Crippen molar-refractivity contribution in [2.24, 2.45) is 0 Å². The minimum Gasteiger partial charge on any atom is -0.380 e. The Hall–Kier alpha value is -1.38. The van der Waals surface area contributed by atoms with Gasteiger partial charge in [0.2, 0.25) is 5.91 Å². The Morgan fingerprint density at radius 1 is 1.43 bits per heavy atom. The van der Waals surface area contributed by atoms with Crippen LogP contribution in [0.25, 0.3) is 0 Å². The summed E-state index contributed by atoms with van der Waals surface area (Å²) >= 11 is 0. The summed E-state index contributed by atoms with van der Waals surface area (Å²) in [6, 6.07) is 1.89. The second-order valence-corrected chi connectivity index (χ2v) is 5.07. The van der Waals surface area contributed by atoms with Crippen LogP contribution in [0.15, 0.2) is 18.2 Å². The molecular weight excluding hydrogens is 340 g/mol. The molecule has 9 heteroatoms. The van der Waals surface area contributed by atoms with Crippen molar-refractivity contribution >= 4 is 18.3 Å². The van der Waals surface area contributed by atoms with Gasteiger partial charge in [0.25, 0.3) is 0 Å². The molecule has 1 saturated heterocycles. The molecular formula is C14H17ClF4N2O2. The molecule has 2 atom stereocenters. The molecule has 0 radical (unpaired) electrons. The van der Waals surface area contributed by atoms with Gasteiger partial charge in [-0.05, 0) is 24.1 Å². The maximum Gasteiger partial charge on any atom is 0.416 e. The van der Waals surface area contributed by atoms with Crippen molar-refractivity contribution in [1.29, 1.82) is 0 Å². The van der Waals surface area contributed by atoms with Crippen molar-refractivity contribution < 1.29 is 27.1 Å². The molecule has 1 heterocycles. The number of ether oxygens (including phenoxy) is 1. The molecule has 0 bridgehead atoms. The van der Waals surface area contributed by atoms with Crippen molar-refractivity contribution in [2.45, 2.75) is 31.3 Å². The van der Waals surface area contributed by atoms with E-state index >= 15 is 0 Å². The van der Waals surface area contributed by atoms with Gasteiger partial charge in [-0.1, -0.05) is 6.07 Å². The van der Waals surface area contributed by atoms with Gasteiger partial charge in [0.15, 0.2) is 0 Å². The minimum atomic E-state index is -4.67. The standard InChI is InChI=1S/C14H16F4N2O2.ClH/c1-22-10-5-12(19-7-10)13(21)20-6-8-2-3-9(15)4-11(8)14(16,17)18;/h2-4,10,12,19H,5-7H2,1H3,(H,20,21);1H/t10-,12-;/m0./s1. The highest BCUT2D eigenvalue weighted by Gasteiger charge is 2.34. The number of carbonyl (C=O) groups excluding carboxylic acids is 1. The second kappa shape index (κ2) is 7.94. The Labute approximate surface area is 137 Å². The maximum absolute atomic E-state index is 13.0. The van der Waals surface area contributed by atoms with Crippen LogP contribution in [0.3, 0.4) is 0 Å². The van der Waals surface area contributed by atoms with Crippen LogP contribution < -0.4 is 10.6 Å². The number of carbonyl (C=O) groups is 1. The zero-order valence-corrected chi connectivity index (χ0v) is 13.1. The molecule has 1 amide bonds. The summed E-state index contributed by atoms with van der Waals surface area (Å²) in [5.74, 6) is -1.38. The average molecular weight is 357 g/mol. The summed E-state index contributed by atoms with van der Waals surface area (Å²) in [5.41, 5.74) is -1.26. The van der Waals surface area contributed by atoms with Crippen LogP contribution in [-0.2, 0) is 22.3 Å². The Kier molecular flexibility index (Phi) is 6.79. The highest BCUT2D eigenvalue weighted by Crippen LogP contribution is 2.32. The first-order chi connectivity index (χ1) is 10.3. The molecule has 4 nitrogen and oxygen atoms in total. The molecule has 1 aromatic carbocycles. The summed E-state index contributed by atoms with van der Waals surface area (Å²) in [5, 5.41) is 5.37. The molecule has 0 aliphatic carbocycles. The van der Waals surface area contributed by atoms with E-state index in [1.165, 1.54) is 7.11 Å². The highest BCUT2D eigenvalue weighted by atomic mass is 35.5. The number of amides is 1. The fourth-order valence-corrected chi connectivity index (χ4v) is 2.35. The van der Waals surface area contributed by atoms with E-state index in [1.807, 2.05) is 0 Å². The van der Waals surface area contributed by atoms with Crippen LogP contribution in [0.5, 0.6) is 0 Å². The molecule has 1 aliphatic rings. The zero-order chi connectivity index (χ0) is 16.3. The molecule has 2 rings (SSSR count). The van der Waals surface area contributed by atoms with Gasteiger partial charge in [0.05, 0.1) is 17.7 Å². The van der Waals surface area contributed by atoms with Crippen LogP contribution in [0, 0.1) is 5.82 Å². The van der Waals surface area contributed by atoms with Crippen molar-refractivity contribution in [2.75, 3.05) is 13.7 Å². The first kappa shape index (κ1) is 19.7. The van der Waals surface area contributed by atoms with Gasteiger partial charge in [-0.15, -0.1) is 12.4 Å². The Bertz CT molecular complexity index is 554. The maximum atomic E-state index is 13.0. The molecule has 0 spiro atoms. The van der Waals surface area contributed by atoms with Crippen molar-refractivity contribution in [3.05, 3.63) is 35.1 Å². The Morgan fingerprint density at radius 3 is 2.70 bits per heavy atom. The average Bonchev–Trinajstić information content (AvgIpc) is 2.93. The Balaban J connectivity index is 0.00000264. The van der Waals surface area contributed by atoms with E-state index in [1.54, 1.807) is 0 Å². The molecule has 23 heavy (non-hydrogen) atoms. The largest absolute Gasteiger partial charge is 0.416 e. The van der Waals surface area contributed by atoms with Crippen molar-refractivity contribution in [1.82, 2.24) is 10.6 Å². The number of benzene rings is 1. The van der Waals surface area contributed by atoms with Crippen LogP contribution in [0.2, 0.25) is 0 Å². The molecule has 0 aromatic heterocycles. The molecule has 0 unspecified atom stereocenters. The van der Waals surface area contributed by atoms with Gasteiger partial charge in [-0.2, -0.15) is 13.2 Å². The van der Waals surface area contributed by atoms with Gasteiger partial charge < -0.3 is 15.4 Å². The van der Waals surface area contributed by atoms with Gasteiger partial charge in [-0.3, -0.25) is 4.79 Å². The highest BCUT2D eigenvalue weighted by molar-refractivity contribution is 5.85. The molecule has 130 valence electrons. The minimum absolute atomic E-state index is 0. The normalized spacial score (nSPS) is 20.9. The van der Waals surface area contributed by atoms with Crippen LogP contribution in [0.4, 0.5) is 17.6 Å². The molecule has 2 N–H and O–H groups in total. The van der Waals surface area contributed by atoms with Gasteiger partial charge in [-0.25, -0.2) is 4.39 Å². The first-order valence-electron chi connectivity index (χ1n) is 6.70. The number of alkyl halides is 3. The molecule has 0 saturated carbocycles. The number of nitrogens with one attached hydrogen (secondary N) is 2. The molecule has 1 fully saturated rings. The summed E-state index contributed by atoms with van der Waals surface area (Å²) in [4.78, 5) is 11.9. The quantitative estimate of drug-likeness (QED) is 0.814. The first-order valence-corrected chi connectivity index (χ1v) is 6.70. The lowest BCUT2D eigenvalue weighted by Crippen LogP contribution is -2.40. The predicted molar refractivity (Wildman–Crippen MR) is 77.7 cm³/mol. The lowest BCUT2D eigenvalue weighted by atomic mass is 10.1. The summed E-state index contributed by atoms with van der Waals surface area (Å²) in [7, 11) is 1.53. The fraction of sp³-hybridized carbons (Fsp3) is 0.500. The van der Waals surface area contributed by atoms with Gasteiger partial charge in [0.1, 0.15) is 5.82 Å². The van der Waals surface area contributed by atoms with E-state index < -0.39 is 29.5 Å². The van der Waals surface area contributed by atoms with E-state index in [4.69, 9.17) is 4.74 Å². The van der Waals surface area contributed by atoms with Crippen molar-refractivity contribution in [3.63, 3.8) is 0 Å². The smallest absolute Gasteiger partial charge is 0.380 e. The monoisotopic (exact) mass is 356 g/mol. The lowest BCUT2D eigenvalue weighted by molar-refractivity contribution is -0.138. The number of halogens is 5. The van der Waals surface area contributed by atoms with Gasteiger partial charge in [0, 0.05) is 20.2 Å². The zero-order valence-electron chi connectivity index (χ0n) is 12.2. The predicted octanol–water partition coefficient (Wildman–Crippen LogP) is 2.26. The molecule has 1 aromatic rings. The van der Waals surface area contributed by atoms with E-state index in [0.29, 0.717) is 19.0 Å². The SMILES string of the molecule is CO[C@@H]1CN[C@H](C(=O)NCc2ccc(F)cc2C(F)(F)F)C1.Cl. The summed E-state index contributed by atoms with van der Waals surface area (Å²) < 4.78 is 56.6. The van der Waals surface area contributed by atoms with E-state index in [9.17, 15) is 22.4 Å². The van der Waals surface area contributed by atoms with Crippen molar-refractivity contribution in [3.8, 4) is 0 Å². The summed E-state index contributed by atoms with van der Waals surface area (Å²) in [6.07, 6.45) is -4.31. The number of rotatable bonds is 4. The number of hydrogen-bond acceptors (Lipinski definition) is 3. The fourth-order valence-electron chi connectivity index (χ4n) is 2.35. The van der Waals surface area contributed by atoms with Crippen LogP contribution >= 0.6 is 12.4 Å². The topological polar surface area (TPSA) is 50.4 Å². The third-order valence-electron chi connectivity index (χ3n) is 3.57. The lowest BCUT2D eigenvalue weighted by Gasteiger charge is -2.15. The molecule has 1 aliphatic heterocycles. The van der Waals surface area contributed by atoms with Gasteiger partial charge >= 0.3 is 6.18 Å². The van der Waals surface area contributed by atoms with E-state index in [0.717, 1.165) is 12.1 Å². The van der Waals surface area contributed by atoms with E-state index in [-0.39, 0.29) is 30.6 Å². The second-order valence-electron chi connectivity index (χ2n) is 5.07. The van der Waals surface area contributed by atoms with Crippen LogP contribution in [0.1, 0.15) is 17.5 Å². The summed E-state index contributed by atoms with van der Waals surface area (Å²) in [6.45, 7) is 0.197. The third kappa shape index (κ3) is 5.05.